The van der Waals surface area contributed by atoms with Crippen molar-refractivity contribution in [2.24, 2.45) is 0 Å². The van der Waals surface area contributed by atoms with Gasteiger partial charge in [-0.2, -0.15) is 0 Å². The lowest BCUT2D eigenvalue weighted by Crippen LogP contribution is -2.21. The molecule has 0 spiro atoms. The van der Waals surface area contributed by atoms with Crippen LogP contribution in [0.3, 0.4) is 0 Å². The van der Waals surface area contributed by atoms with Crippen molar-refractivity contribution in [1.82, 2.24) is 0 Å². The van der Waals surface area contributed by atoms with Crippen molar-refractivity contribution in [3.63, 3.8) is 0 Å². The number of benzene rings is 1. The molecule has 1 N–H and O–H groups in total. The number of carbonyl (C=O) groups is 1. The average Bonchev–Trinajstić information content (AvgIpc) is 2.97. The monoisotopic (exact) mass is 302 g/mol. The number of fused-ring (bicyclic) bond motifs is 1. The summed E-state index contributed by atoms with van der Waals surface area (Å²) in [7, 11) is 0. The number of halogens is 2. The van der Waals surface area contributed by atoms with Crippen LogP contribution in [0, 0.1) is 5.82 Å². The molecule has 17 heavy (non-hydrogen) atoms. The molecule has 0 bridgehead atoms. The molecule has 4 nitrogen and oxygen atoms in total. The number of aliphatic carboxylic acids is 1. The van der Waals surface area contributed by atoms with Crippen LogP contribution in [0.5, 0.6) is 11.5 Å². The van der Waals surface area contributed by atoms with E-state index >= 15 is 0 Å². The Hall–Kier alpha value is -1.30. The van der Waals surface area contributed by atoms with Gasteiger partial charge in [0.15, 0.2) is 11.5 Å². The highest BCUT2D eigenvalue weighted by Gasteiger charge is 2.54. The summed E-state index contributed by atoms with van der Waals surface area (Å²) in [4.78, 5) is 11.2. The topological polar surface area (TPSA) is 55.8 Å². The molecule has 1 aromatic rings. The quantitative estimate of drug-likeness (QED) is 0.911. The first kappa shape index (κ1) is 10.8. The summed E-state index contributed by atoms with van der Waals surface area (Å²) in [6, 6.07) is 1.43. The maximum absolute atomic E-state index is 14.1. The number of rotatable bonds is 2. The Morgan fingerprint density at radius 3 is 2.76 bits per heavy atom. The number of hydrogen-bond donors (Lipinski definition) is 1. The minimum absolute atomic E-state index is 0.0247. The Morgan fingerprint density at radius 2 is 2.18 bits per heavy atom. The van der Waals surface area contributed by atoms with E-state index in [-0.39, 0.29) is 16.8 Å². The van der Waals surface area contributed by atoms with Crippen LogP contribution in [0.25, 0.3) is 0 Å². The molecule has 0 saturated heterocycles. The van der Waals surface area contributed by atoms with Gasteiger partial charge in [0.2, 0.25) is 6.79 Å². The third-order valence-electron chi connectivity index (χ3n) is 3.22. The van der Waals surface area contributed by atoms with E-state index < -0.39 is 17.2 Å². The average molecular weight is 303 g/mol. The second-order valence-corrected chi connectivity index (χ2v) is 4.97. The van der Waals surface area contributed by atoms with E-state index in [9.17, 15) is 9.18 Å². The zero-order valence-electron chi connectivity index (χ0n) is 8.63. The molecule has 0 aromatic heterocycles. The summed E-state index contributed by atoms with van der Waals surface area (Å²) < 4.78 is 24.5. The van der Waals surface area contributed by atoms with Gasteiger partial charge in [-0.1, -0.05) is 0 Å². The Kier molecular flexibility index (Phi) is 2.13. The maximum Gasteiger partial charge on any atom is 0.314 e. The van der Waals surface area contributed by atoms with E-state index in [1.165, 1.54) is 6.07 Å². The Balaban J connectivity index is 2.19. The number of hydrogen-bond acceptors (Lipinski definition) is 3. The zero-order chi connectivity index (χ0) is 12.2. The molecular weight excluding hydrogens is 295 g/mol. The molecule has 1 aliphatic heterocycles. The van der Waals surface area contributed by atoms with Gasteiger partial charge in [0.05, 0.1) is 9.89 Å². The Morgan fingerprint density at radius 1 is 1.47 bits per heavy atom. The molecule has 3 rings (SSSR count). The molecule has 0 radical (unpaired) electrons. The van der Waals surface area contributed by atoms with E-state index in [1.54, 1.807) is 0 Å². The van der Waals surface area contributed by atoms with E-state index in [0.29, 0.717) is 24.3 Å². The third-order valence-corrected chi connectivity index (χ3v) is 3.93. The minimum atomic E-state index is -1.09. The fourth-order valence-corrected chi connectivity index (χ4v) is 2.57. The second-order valence-electron chi connectivity index (χ2n) is 4.17. The minimum Gasteiger partial charge on any atom is -0.481 e. The van der Waals surface area contributed by atoms with Crippen LogP contribution in [-0.4, -0.2) is 17.9 Å². The predicted octanol–water partition coefficient (Wildman–Crippen LogP) is 2.43. The van der Waals surface area contributed by atoms with Crippen LogP contribution < -0.4 is 9.47 Å². The van der Waals surface area contributed by atoms with E-state index in [2.05, 4.69) is 15.9 Å². The SMILES string of the molecule is O=C(O)C1(c2cc3c(c(Br)c2F)OCO3)CC1. The maximum atomic E-state index is 14.1. The van der Waals surface area contributed by atoms with Gasteiger partial charge < -0.3 is 14.6 Å². The van der Waals surface area contributed by atoms with E-state index in [4.69, 9.17) is 14.6 Å². The fourth-order valence-electron chi connectivity index (χ4n) is 2.05. The molecule has 6 heteroatoms. The number of ether oxygens (including phenoxy) is 2. The van der Waals surface area contributed by atoms with E-state index in [1.807, 2.05) is 0 Å². The number of carboxylic acids is 1. The highest BCUT2D eigenvalue weighted by atomic mass is 79.9. The van der Waals surface area contributed by atoms with Crippen molar-refractivity contribution in [3.05, 3.63) is 21.9 Å². The van der Waals surface area contributed by atoms with Crippen LogP contribution >= 0.6 is 15.9 Å². The smallest absolute Gasteiger partial charge is 0.314 e. The first-order valence-corrected chi connectivity index (χ1v) is 5.87. The van der Waals surface area contributed by atoms with Crippen molar-refractivity contribution in [1.29, 1.82) is 0 Å². The first-order valence-electron chi connectivity index (χ1n) is 5.08. The fraction of sp³-hybridized carbons (Fsp3) is 0.364. The van der Waals surface area contributed by atoms with Crippen LogP contribution in [0.1, 0.15) is 18.4 Å². The summed E-state index contributed by atoms with van der Waals surface area (Å²) in [6.07, 6.45) is 0.899. The summed E-state index contributed by atoms with van der Waals surface area (Å²) in [5.74, 6) is -0.885. The van der Waals surface area contributed by atoms with Gasteiger partial charge >= 0.3 is 5.97 Å². The normalized spacial score (nSPS) is 19.2. The van der Waals surface area contributed by atoms with Crippen molar-refractivity contribution < 1.29 is 23.8 Å². The van der Waals surface area contributed by atoms with Gasteiger partial charge in [0, 0.05) is 5.56 Å². The van der Waals surface area contributed by atoms with Crippen molar-refractivity contribution in [3.8, 4) is 11.5 Å². The lowest BCUT2D eigenvalue weighted by Gasteiger charge is -2.13. The van der Waals surface area contributed by atoms with Crippen molar-refractivity contribution in [2.75, 3.05) is 6.79 Å². The van der Waals surface area contributed by atoms with Gasteiger partial charge in [-0.05, 0) is 34.8 Å². The highest BCUT2D eigenvalue weighted by Crippen LogP contribution is 2.53. The van der Waals surface area contributed by atoms with E-state index in [0.717, 1.165) is 0 Å². The lowest BCUT2D eigenvalue weighted by molar-refractivity contribution is -0.140. The van der Waals surface area contributed by atoms with Crippen molar-refractivity contribution >= 4 is 21.9 Å². The standard InChI is InChI=1S/C11H8BrFO4/c12-7-8(13)5(11(1-2-11)10(14)15)3-6-9(7)17-4-16-6/h3H,1-2,4H2,(H,14,15). The summed E-state index contributed by atoms with van der Waals surface area (Å²) in [6.45, 7) is 0.0247. The van der Waals surface area contributed by atoms with Gasteiger partial charge in [-0.15, -0.1) is 0 Å². The van der Waals surface area contributed by atoms with Crippen LogP contribution in [0.2, 0.25) is 0 Å². The molecule has 0 unspecified atom stereocenters. The molecule has 1 fully saturated rings. The largest absolute Gasteiger partial charge is 0.481 e. The van der Waals surface area contributed by atoms with Gasteiger partial charge in [-0.3, -0.25) is 4.79 Å². The lowest BCUT2D eigenvalue weighted by atomic mass is 9.95. The molecule has 1 saturated carbocycles. The first-order chi connectivity index (χ1) is 8.06. The van der Waals surface area contributed by atoms with Crippen molar-refractivity contribution in [2.45, 2.75) is 18.3 Å². The molecule has 1 aromatic carbocycles. The molecule has 1 aliphatic carbocycles. The number of carboxylic acid groups (broad SMARTS) is 1. The molecule has 0 amide bonds. The molecular formula is C11H8BrFO4. The molecule has 2 aliphatic rings. The second kappa shape index (κ2) is 3.35. The highest BCUT2D eigenvalue weighted by molar-refractivity contribution is 9.10. The Bertz CT molecular complexity index is 525. The third kappa shape index (κ3) is 1.36. The van der Waals surface area contributed by atoms with Crippen LogP contribution in [-0.2, 0) is 10.2 Å². The van der Waals surface area contributed by atoms with Gasteiger partial charge in [0.25, 0.3) is 0 Å². The summed E-state index contributed by atoms with van der Waals surface area (Å²) >= 11 is 3.08. The Labute approximate surface area is 104 Å². The molecule has 90 valence electrons. The van der Waals surface area contributed by atoms with Crippen LogP contribution in [0.4, 0.5) is 4.39 Å². The van der Waals surface area contributed by atoms with Gasteiger partial charge in [-0.25, -0.2) is 4.39 Å². The predicted molar refractivity (Wildman–Crippen MR) is 58.8 cm³/mol. The summed E-state index contributed by atoms with van der Waals surface area (Å²) in [5, 5.41) is 9.17. The molecule has 0 atom stereocenters. The summed E-state index contributed by atoms with van der Waals surface area (Å²) in [5.41, 5.74) is -0.922. The van der Waals surface area contributed by atoms with Gasteiger partial charge in [0.1, 0.15) is 5.82 Å². The zero-order valence-corrected chi connectivity index (χ0v) is 10.2. The van der Waals surface area contributed by atoms with Crippen LogP contribution in [0.15, 0.2) is 10.5 Å². The molecule has 1 heterocycles.